The van der Waals surface area contributed by atoms with Crippen molar-refractivity contribution in [2.24, 2.45) is 0 Å². The van der Waals surface area contributed by atoms with Crippen LogP contribution in [0.4, 0.5) is 4.79 Å². The number of hydrogen-bond donors (Lipinski definition) is 0. The van der Waals surface area contributed by atoms with E-state index in [-0.39, 0.29) is 24.1 Å². The van der Waals surface area contributed by atoms with Crippen LogP contribution in [0.5, 0.6) is 0 Å². The van der Waals surface area contributed by atoms with Crippen LogP contribution in [-0.2, 0) is 28.9 Å². The van der Waals surface area contributed by atoms with E-state index in [0.29, 0.717) is 44.7 Å². The molecule has 0 unspecified atom stereocenters. The molecule has 0 radical (unpaired) electrons. The standard InChI is InChI=1S/C21H27N5O4S/c1-4-14-11-15-17(31-14)12-16-20(28)25(22-18(5-2)26(15)16)13-19(27)23-7-9-24(10-8-23)21(29)30-6-3/h11-12H,4-10,13H2,1-3H3. The molecule has 0 spiro atoms. The fraction of sp³-hybridized carbons (Fsp3) is 0.524. The molecular formula is C21H27N5O4S. The predicted molar refractivity (Wildman–Crippen MR) is 119 cm³/mol. The van der Waals surface area contributed by atoms with Gasteiger partial charge in [-0.25, -0.2) is 9.48 Å². The van der Waals surface area contributed by atoms with E-state index in [1.807, 2.05) is 17.4 Å². The molecule has 1 fully saturated rings. The van der Waals surface area contributed by atoms with Crippen LogP contribution in [0.25, 0.3) is 15.7 Å². The minimum absolute atomic E-state index is 0.110. The van der Waals surface area contributed by atoms with E-state index in [1.54, 1.807) is 28.1 Å². The van der Waals surface area contributed by atoms with Gasteiger partial charge >= 0.3 is 6.09 Å². The number of ether oxygens (including phenoxy) is 1. The Morgan fingerprint density at radius 2 is 1.74 bits per heavy atom. The Bertz CT molecular complexity index is 1190. The molecule has 0 N–H and O–H groups in total. The lowest BCUT2D eigenvalue weighted by molar-refractivity contribution is -0.133. The number of carbonyl (C=O) groups is 2. The van der Waals surface area contributed by atoms with Gasteiger partial charge in [0.25, 0.3) is 5.56 Å². The molecule has 4 rings (SSSR count). The van der Waals surface area contributed by atoms with E-state index in [4.69, 9.17) is 4.74 Å². The maximum absolute atomic E-state index is 13.1. The highest BCUT2D eigenvalue weighted by molar-refractivity contribution is 7.19. The predicted octanol–water partition coefficient (Wildman–Crippen LogP) is 2.14. The van der Waals surface area contributed by atoms with E-state index in [1.165, 1.54) is 9.56 Å². The van der Waals surface area contributed by atoms with Gasteiger partial charge in [0, 0.05) is 37.5 Å². The number of rotatable bonds is 5. The normalized spacial score (nSPS) is 14.5. The minimum atomic E-state index is -0.357. The summed E-state index contributed by atoms with van der Waals surface area (Å²) in [6, 6.07) is 4.02. The Labute approximate surface area is 183 Å². The van der Waals surface area contributed by atoms with Crippen LogP contribution in [0.3, 0.4) is 0 Å². The molecule has 0 atom stereocenters. The molecule has 3 aromatic rings. The second kappa shape index (κ2) is 8.70. The Hall–Kier alpha value is -2.88. The van der Waals surface area contributed by atoms with Crippen LogP contribution in [0.1, 0.15) is 31.5 Å². The summed E-state index contributed by atoms with van der Waals surface area (Å²) in [6.07, 6.45) is 1.24. The van der Waals surface area contributed by atoms with Crippen molar-refractivity contribution in [1.82, 2.24) is 24.0 Å². The first-order valence-corrected chi connectivity index (χ1v) is 11.5. The third kappa shape index (κ3) is 3.91. The summed E-state index contributed by atoms with van der Waals surface area (Å²) in [5.41, 5.74) is 1.29. The number of thiophene rings is 1. The molecule has 0 aliphatic carbocycles. The summed E-state index contributed by atoms with van der Waals surface area (Å²) >= 11 is 1.68. The van der Waals surface area contributed by atoms with Crippen molar-refractivity contribution in [3.8, 4) is 0 Å². The maximum Gasteiger partial charge on any atom is 0.409 e. The first-order valence-electron chi connectivity index (χ1n) is 10.7. The van der Waals surface area contributed by atoms with Crippen LogP contribution in [0.2, 0.25) is 0 Å². The highest BCUT2D eigenvalue weighted by Gasteiger charge is 2.26. The van der Waals surface area contributed by atoms with Gasteiger partial charge in [-0.2, -0.15) is 5.10 Å². The number of amides is 2. The van der Waals surface area contributed by atoms with Crippen molar-refractivity contribution in [2.75, 3.05) is 32.8 Å². The molecule has 1 saturated heterocycles. The highest BCUT2D eigenvalue weighted by Crippen LogP contribution is 2.29. The van der Waals surface area contributed by atoms with Gasteiger partial charge in [0.2, 0.25) is 5.91 Å². The van der Waals surface area contributed by atoms with Crippen LogP contribution < -0.4 is 5.56 Å². The second-order valence-corrected chi connectivity index (χ2v) is 8.65. The van der Waals surface area contributed by atoms with Crippen molar-refractivity contribution in [2.45, 2.75) is 40.2 Å². The lowest BCUT2D eigenvalue weighted by atomic mass is 10.3. The zero-order valence-corrected chi connectivity index (χ0v) is 18.9. The van der Waals surface area contributed by atoms with Crippen LogP contribution in [-0.4, -0.2) is 68.8 Å². The second-order valence-electron chi connectivity index (χ2n) is 7.48. The third-order valence-corrected chi connectivity index (χ3v) is 6.81. The molecule has 0 aromatic carbocycles. The summed E-state index contributed by atoms with van der Waals surface area (Å²) in [7, 11) is 0. The van der Waals surface area contributed by atoms with Gasteiger partial charge in [-0.3, -0.25) is 14.0 Å². The zero-order chi connectivity index (χ0) is 22.1. The summed E-state index contributed by atoms with van der Waals surface area (Å²) in [6.45, 7) is 7.75. The molecular weight excluding hydrogens is 418 g/mol. The van der Waals surface area contributed by atoms with Gasteiger partial charge in [0.1, 0.15) is 17.9 Å². The summed E-state index contributed by atoms with van der Waals surface area (Å²) in [5.74, 6) is 0.580. The van der Waals surface area contributed by atoms with Crippen molar-refractivity contribution in [3.63, 3.8) is 0 Å². The average molecular weight is 446 g/mol. The molecule has 3 aromatic heterocycles. The first kappa shape index (κ1) is 21.4. The summed E-state index contributed by atoms with van der Waals surface area (Å²) in [4.78, 5) is 42.3. The number of aromatic nitrogens is 3. The van der Waals surface area contributed by atoms with E-state index in [2.05, 4.69) is 18.1 Å². The lowest BCUT2D eigenvalue weighted by Gasteiger charge is -2.34. The van der Waals surface area contributed by atoms with Gasteiger partial charge in [0.15, 0.2) is 0 Å². The van der Waals surface area contributed by atoms with E-state index >= 15 is 0 Å². The fourth-order valence-electron chi connectivity index (χ4n) is 3.93. The average Bonchev–Trinajstić information content (AvgIpc) is 3.34. The number of hydrogen-bond acceptors (Lipinski definition) is 6. The Kier molecular flexibility index (Phi) is 5.99. The van der Waals surface area contributed by atoms with Crippen molar-refractivity contribution < 1.29 is 14.3 Å². The Morgan fingerprint density at radius 1 is 1.03 bits per heavy atom. The van der Waals surface area contributed by atoms with Gasteiger partial charge < -0.3 is 14.5 Å². The van der Waals surface area contributed by atoms with Crippen LogP contribution in [0.15, 0.2) is 16.9 Å². The van der Waals surface area contributed by atoms with Crippen molar-refractivity contribution >= 4 is 39.1 Å². The van der Waals surface area contributed by atoms with Crippen molar-refractivity contribution in [1.29, 1.82) is 0 Å². The summed E-state index contributed by atoms with van der Waals surface area (Å²) in [5, 5.41) is 4.52. The quantitative estimate of drug-likeness (QED) is 0.600. The molecule has 1 aliphatic rings. The minimum Gasteiger partial charge on any atom is -0.450 e. The van der Waals surface area contributed by atoms with Crippen LogP contribution in [0, 0.1) is 0 Å². The van der Waals surface area contributed by atoms with Gasteiger partial charge in [0.05, 0.1) is 16.8 Å². The topological polar surface area (TPSA) is 89.2 Å². The number of nitrogens with zero attached hydrogens (tertiary/aromatic N) is 5. The molecule has 10 heteroatoms. The first-order chi connectivity index (χ1) is 15.0. The highest BCUT2D eigenvalue weighted by atomic mass is 32.1. The molecule has 0 saturated carbocycles. The third-order valence-electron chi connectivity index (χ3n) is 5.60. The molecule has 2 amide bonds. The number of fused-ring (bicyclic) bond motifs is 3. The fourth-order valence-corrected chi connectivity index (χ4v) is 4.95. The molecule has 166 valence electrons. The molecule has 4 heterocycles. The van der Waals surface area contributed by atoms with E-state index < -0.39 is 0 Å². The zero-order valence-electron chi connectivity index (χ0n) is 18.1. The Balaban J connectivity index is 1.56. The monoisotopic (exact) mass is 445 g/mol. The van der Waals surface area contributed by atoms with Gasteiger partial charge in [-0.1, -0.05) is 13.8 Å². The number of aryl methyl sites for hydroxylation is 2. The molecule has 9 nitrogen and oxygen atoms in total. The molecule has 31 heavy (non-hydrogen) atoms. The summed E-state index contributed by atoms with van der Waals surface area (Å²) < 4.78 is 9.27. The largest absolute Gasteiger partial charge is 0.450 e. The van der Waals surface area contributed by atoms with E-state index in [0.717, 1.165) is 22.5 Å². The number of piperazine rings is 1. The van der Waals surface area contributed by atoms with Crippen LogP contribution >= 0.6 is 11.3 Å². The SMILES string of the molecule is CCOC(=O)N1CCN(C(=O)Cn2nc(CC)n3c(cc4sc(CC)cc43)c2=O)CC1. The maximum atomic E-state index is 13.1. The van der Waals surface area contributed by atoms with Crippen molar-refractivity contribution in [3.05, 3.63) is 33.2 Å². The molecule has 0 bridgehead atoms. The smallest absolute Gasteiger partial charge is 0.409 e. The molecule has 1 aliphatic heterocycles. The Morgan fingerprint density at radius 3 is 2.39 bits per heavy atom. The lowest BCUT2D eigenvalue weighted by Crippen LogP contribution is -2.52. The van der Waals surface area contributed by atoms with Gasteiger partial charge in [-0.05, 0) is 25.5 Å². The van der Waals surface area contributed by atoms with E-state index in [9.17, 15) is 14.4 Å². The van der Waals surface area contributed by atoms with Gasteiger partial charge in [-0.15, -0.1) is 11.3 Å². The number of carbonyl (C=O) groups excluding carboxylic acids is 2.